The molecule has 2 aromatic rings. The lowest BCUT2D eigenvalue weighted by Gasteiger charge is -2.18. The van der Waals surface area contributed by atoms with Crippen molar-refractivity contribution in [2.75, 3.05) is 6.54 Å². The average Bonchev–Trinajstić information content (AvgIpc) is 2.91. The van der Waals surface area contributed by atoms with Crippen LogP contribution in [-0.4, -0.2) is 6.54 Å². The van der Waals surface area contributed by atoms with Gasteiger partial charge in [-0.3, -0.25) is 0 Å². The van der Waals surface area contributed by atoms with Crippen LogP contribution in [0.4, 0.5) is 17.6 Å². The van der Waals surface area contributed by atoms with E-state index in [9.17, 15) is 17.6 Å². The Labute approximate surface area is 119 Å². The number of alkyl halides is 3. The molecule has 21 heavy (non-hydrogen) atoms. The SMILES string of the molecule is CCCNC(c1ccc(C(F)(F)F)c(F)c1)c1ccco1. The van der Waals surface area contributed by atoms with E-state index in [0.717, 1.165) is 18.6 Å². The molecule has 2 nitrogen and oxygen atoms in total. The van der Waals surface area contributed by atoms with Gasteiger partial charge in [0.1, 0.15) is 11.6 Å². The van der Waals surface area contributed by atoms with E-state index in [1.54, 1.807) is 12.1 Å². The second-order valence-electron chi connectivity index (χ2n) is 4.64. The van der Waals surface area contributed by atoms with E-state index < -0.39 is 23.6 Å². The van der Waals surface area contributed by atoms with Crippen LogP contribution in [0.2, 0.25) is 0 Å². The van der Waals surface area contributed by atoms with Gasteiger partial charge in [-0.1, -0.05) is 13.0 Å². The van der Waals surface area contributed by atoms with E-state index in [2.05, 4.69) is 5.32 Å². The predicted octanol–water partition coefficient (Wildman–Crippen LogP) is 4.53. The monoisotopic (exact) mass is 301 g/mol. The summed E-state index contributed by atoms with van der Waals surface area (Å²) in [6.45, 7) is 2.59. The van der Waals surface area contributed by atoms with Crippen molar-refractivity contribution in [3.63, 3.8) is 0 Å². The van der Waals surface area contributed by atoms with E-state index in [1.165, 1.54) is 12.3 Å². The molecule has 114 valence electrons. The van der Waals surface area contributed by atoms with Crippen molar-refractivity contribution in [1.29, 1.82) is 0 Å². The molecule has 0 spiro atoms. The van der Waals surface area contributed by atoms with Crippen molar-refractivity contribution in [3.05, 3.63) is 59.3 Å². The predicted molar refractivity (Wildman–Crippen MR) is 70.2 cm³/mol. The van der Waals surface area contributed by atoms with Gasteiger partial charge < -0.3 is 9.73 Å². The molecule has 0 amide bonds. The third-order valence-electron chi connectivity index (χ3n) is 3.06. The molecule has 1 aromatic heterocycles. The maximum Gasteiger partial charge on any atom is 0.419 e. The molecule has 0 fully saturated rings. The van der Waals surface area contributed by atoms with Gasteiger partial charge in [-0.2, -0.15) is 13.2 Å². The largest absolute Gasteiger partial charge is 0.467 e. The van der Waals surface area contributed by atoms with E-state index in [-0.39, 0.29) is 0 Å². The first-order chi connectivity index (χ1) is 9.93. The smallest absolute Gasteiger partial charge is 0.419 e. The van der Waals surface area contributed by atoms with Crippen LogP contribution in [0.25, 0.3) is 0 Å². The van der Waals surface area contributed by atoms with Crippen LogP contribution in [0.1, 0.15) is 36.3 Å². The summed E-state index contributed by atoms with van der Waals surface area (Å²) in [6, 6.07) is 5.82. The van der Waals surface area contributed by atoms with Crippen molar-refractivity contribution in [2.45, 2.75) is 25.6 Å². The van der Waals surface area contributed by atoms with Crippen LogP contribution >= 0.6 is 0 Å². The van der Waals surface area contributed by atoms with Crippen molar-refractivity contribution < 1.29 is 22.0 Å². The first kappa shape index (κ1) is 15.6. The molecule has 0 aliphatic rings. The second kappa shape index (κ2) is 6.30. The first-order valence-corrected chi connectivity index (χ1v) is 6.57. The number of furan rings is 1. The lowest BCUT2D eigenvalue weighted by Crippen LogP contribution is -2.23. The summed E-state index contributed by atoms with van der Waals surface area (Å²) >= 11 is 0. The Kier molecular flexibility index (Phi) is 4.67. The van der Waals surface area contributed by atoms with E-state index in [1.807, 2.05) is 6.92 Å². The van der Waals surface area contributed by atoms with Crippen LogP contribution in [0.3, 0.4) is 0 Å². The third kappa shape index (κ3) is 3.64. The summed E-state index contributed by atoms with van der Waals surface area (Å²) in [6.07, 6.45) is -2.39. The van der Waals surface area contributed by atoms with E-state index in [4.69, 9.17) is 4.42 Å². The molecule has 1 atom stereocenters. The Morgan fingerprint density at radius 2 is 2.00 bits per heavy atom. The van der Waals surface area contributed by atoms with Gasteiger partial charge in [0.25, 0.3) is 0 Å². The molecule has 0 saturated heterocycles. The third-order valence-corrected chi connectivity index (χ3v) is 3.06. The topological polar surface area (TPSA) is 25.2 Å². The standard InChI is InChI=1S/C15H15F4NO/c1-2-7-20-14(13-4-3-8-21-13)10-5-6-11(12(16)9-10)15(17,18)19/h3-6,8-9,14,20H,2,7H2,1H3. The summed E-state index contributed by atoms with van der Waals surface area (Å²) in [5.41, 5.74) is -0.871. The van der Waals surface area contributed by atoms with Crippen LogP contribution in [0.5, 0.6) is 0 Å². The lowest BCUT2D eigenvalue weighted by atomic mass is 10.0. The number of nitrogens with one attached hydrogen (secondary N) is 1. The quantitative estimate of drug-likeness (QED) is 0.821. The molecule has 0 radical (unpaired) electrons. The molecule has 0 bridgehead atoms. The van der Waals surface area contributed by atoms with Crippen LogP contribution in [-0.2, 0) is 6.18 Å². The van der Waals surface area contributed by atoms with Crippen molar-refractivity contribution in [3.8, 4) is 0 Å². The summed E-state index contributed by atoms with van der Waals surface area (Å²) < 4.78 is 56.7. The summed E-state index contributed by atoms with van der Waals surface area (Å²) in [5.74, 6) is -0.752. The Hall–Kier alpha value is -1.82. The summed E-state index contributed by atoms with van der Waals surface area (Å²) in [5, 5.41) is 3.13. The molecule has 0 saturated carbocycles. The molecule has 1 heterocycles. The first-order valence-electron chi connectivity index (χ1n) is 6.57. The summed E-state index contributed by atoms with van der Waals surface area (Å²) in [4.78, 5) is 0. The zero-order valence-corrected chi connectivity index (χ0v) is 11.4. The highest BCUT2D eigenvalue weighted by atomic mass is 19.4. The van der Waals surface area contributed by atoms with E-state index >= 15 is 0 Å². The van der Waals surface area contributed by atoms with Gasteiger partial charge in [0, 0.05) is 0 Å². The highest BCUT2D eigenvalue weighted by Crippen LogP contribution is 2.33. The number of hydrogen-bond donors (Lipinski definition) is 1. The fourth-order valence-corrected chi connectivity index (χ4v) is 2.07. The average molecular weight is 301 g/mol. The fraction of sp³-hybridized carbons (Fsp3) is 0.333. The molecular weight excluding hydrogens is 286 g/mol. The minimum absolute atomic E-state index is 0.393. The molecule has 0 aliphatic heterocycles. The Morgan fingerprint density at radius 1 is 1.24 bits per heavy atom. The number of rotatable bonds is 5. The Morgan fingerprint density at radius 3 is 2.52 bits per heavy atom. The van der Waals surface area contributed by atoms with Crippen molar-refractivity contribution in [2.24, 2.45) is 0 Å². The summed E-state index contributed by atoms with van der Waals surface area (Å²) in [7, 11) is 0. The number of benzene rings is 1. The van der Waals surface area contributed by atoms with Gasteiger partial charge in [-0.25, -0.2) is 4.39 Å². The van der Waals surface area contributed by atoms with Gasteiger partial charge in [-0.05, 0) is 42.8 Å². The molecule has 1 unspecified atom stereocenters. The molecule has 2 rings (SSSR count). The van der Waals surface area contributed by atoms with Crippen LogP contribution in [0.15, 0.2) is 41.0 Å². The van der Waals surface area contributed by atoms with Crippen molar-refractivity contribution in [1.82, 2.24) is 5.32 Å². The zero-order valence-electron chi connectivity index (χ0n) is 11.4. The normalized spacial score (nSPS) is 13.4. The van der Waals surface area contributed by atoms with Gasteiger partial charge in [0.05, 0.1) is 17.9 Å². The van der Waals surface area contributed by atoms with Gasteiger partial charge in [0.15, 0.2) is 0 Å². The molecule has 1 aromatic carbocycles. The number of halogens is 4. The zero-order chi connectivity index (χ0) is 15.5. The Balaban J connectivity index is 2.35. The van der Waals surface area contributed by atoms with Crippen LogP contribution < -0.4 is 5.32 Å². The maximum atomic E-state index is 13.7. The van der Waals surface area contributed by atoms with Gasteiger partial charge in [0.2, 0.25) is 0 Å². The number of hydrogen-bond acceptors (Lipinski definition) is 2. The Bertz CT molecular complexity index is 578. The second-order valence-corrected chi connectivity index (χ2v) is 4.64. The molecular formula is C15H15F4NO. The lowest BCUT2D eigenvalue weighted by molar-refractivity contribution is -0.140. The fourth-order valence-electron chi connectivity index (χ4n) is 2.07. The minimum atomic E-state index is -4.69. The molecule has 0 aliphatic carbocycles. The van der Waals surface area contributed by atoms with Gasteiger partial charge >= 0.3 is 6.18 Å². The van der Waals surface area contributed by atoms with Gasteiger partial charge in [-0.15, -0.1) is 0 Å². The van der Waals surface area contributed by atoms with E-state index in [0.29, 0.717) is 17.9 Å². The molecule has 6 heteroatoms. The minimum Gasteiger partial charge on any atom is -0.467 e. The van der Waals surface area contributed by atoms with Crippen LogP contribution in [0, 0.1) is 5.82 Å². The maximum absolute atomic E-state index is 13.7. The highest BCUT2D eigenvalue weighted by Gasteiger charge is 2.34. The molecule has 1 N–H and O–H groups in total. The highest BCUT2D eigenvalue weighted by molar-refractivity contribution is 5.32. The van der Waals surface area contributed by atoms with Crippen molar-refractivity contribution >= 4 is 0 Å².